The van der Waals surface area contributed by atoms with Gasteiger partial charge in [0.25, 0.3) is 11.6 Å². The van der Waals surface area contributed by atoms with Crippen LogP contribution < -0.4 is 10.2 Å². The highest BCUT2D eigenvalue weighted by Gasteiger charge is 2.21. The summed E-state index contributed by atoms with van der Waals surface area (Å²) in [6.07, 6.45) is 3.45. The van der Waals surface area contributed by atoms with Crippen molar-refractivity contribution < 1.29 is 24.3 Å². The first-order chi connectivity index (χ1) is 15.7. The number of carbonyl (C=O) groups excluding carboxylic acids is 1. The van der Waals surface area contributed by atoms with Gasteiger partial charge in [0, 0.05) is 6.07 Å². The molecule has 0 aliphatic carbocycles. The van der Waals surface area contributed by atoms with Gasteiger partial charge in [-0.1, -0.05) is 0 Å². The van der Waals surface area contributed by atoms with Crippen LogP contribution >= 0.6 is 0 Å². The van der Waals surface area contributed by atoms with E-state index in [2.05, 4.69) is 15.6 Å². The Hall–Kier alpha value is -5.21. The van der Waals surface area contributed by atoms with Gasteiger partial charge in [0.1, 0.15) is 24.7 Å². The van der Waals surface area contributed by atoms with Crippen LogP contribution in [-0.2, 0) is 11.3 Å². The molecule has 0 bridgehead atoms. The lowest BCUT2D eigenvalue weighted by molar-refractivity contribution is -0.394. The number of amides is 1. The molecule has 1 heterocycles. The van der Waals surface area contributed by atoms with Gasteiger partial charge in [-0.05, 0) is 35.9 Å². The summed E-state index contributed by atoms with van der Waals surface area (Å²) in [4.78, 5) is 42.2. The molecule has 1 aromatic heterocycles. The lowest BCUT2D eigenvalue weighted by Crippen LogP contribution is -2.23. The Morgan fingerprint density at radius 1 is 1.03 bits per heavy atom. The van der Waals surface area contributed by atoms with Crippen molar-refractivity contribution in [2.75, 3.05) is 0 Å². The molecule has 3 rings (SSSR count). The number of hydrogen-bond donors (Lipinski definition) is 1. The van der Waals surface area contributed by atoms with Crippen LogP contribution in [0.3, 0.4) is 0 Å². The van der Waals surface area contributed by atoms with Crippen LogP contribution in [0.25, 0.3) is 0 Å². The Morgan fingerprint density at radius 2 is 1.73 bits per heavy atom. The van der Waals surface area contributed by atoms with Gasteiger partial charge in [0.2, 0.25) is 5.75 Å². The Bertz CT molecular complexity index is 1250. The fourth-order valence-electron chi connectivity index (χ4n) is 2.49. The van der Waals surface area contributed by atoms with E-state index >= 15 is 0 Å². The molecule has 33 heavy (non-hydrogen) atoms. The molecule has 0 spiro atoms. The van der Waals surface area contributed by atoms with E-state index in [0.717, 1.165) is 35.3 Å². The summed E-state index contributed by atoms with van der Waals surface area (Å²) < 4.78 is 6.54. The lowest BCUT2D eigenvalue weighted by Gasteiger charge is -2.06. The van der Waals surface area contributed by atoms with Gasteiger partial charge in [0.05, 0.1) is 27.1 Å². The molecule has 0 fully saturated rings. The van der Waals surface area contributed by atoms with E-state index in [-0.39, 0.29) is 23.7 Å². The fourth-order valence-corrected chi connectivity index (χ4v) is 2.49. The van der Waals surface area contributed by atoms with Gasteiger partial charge in [0.15, 0.2) is 0 Å². The summed E-state index contributed by atoms with van der Waals surface area (Å²) >= 11 is 0. The maximum Gasteiger partial charge on any atom is 0.318 e. The van der Waals surface area contributed by atoms with E-state index in [4.69, 9.17) is 4.74 Å². The zero-order valence-corrected chi connectivity index (χ0v) is 16.4. The largest absolute Gasteiger partial charge is 0.450 e. The molecule has 15 nitrogen and oxygen atoms in total. The summed E-state index contributed by atoms with van der Waals surface area (Å²) in [5.74, 6) is -0.499. The second-order valence-corrected chi connectivity index (χ2v) is 6.28. The van der Waals surface area contributed by atoms with Crippen LogP contribution in [0.15, 0.2) is 60.0 Å². The Morgan fingerprint density at radius 3 is 2.33 bits per heavy atom. The Balaban J connectivity index is 1.59. The molecule has 0 saturated heterocycles. The average Bonchev–Trinajstić information content (AvgIpc) is 3.23. The third-order valence-electron chi connectivity index (χ3n) is 4.00. The first-order valence-corrected chi connectivity index (χ1v) is 8.92. The smallest absolute Gasteiger partial charge is 0.318 e. The minimum Gasteiger partial charge on any atom is -0.450 e. The van der Waals surface area contributed by atoms with Crippen molar-refractivity contribution in [2.24, 2.45) is 5.10 Å². The number of rotatable bonds is 9. The SMILES string of the molecule is O=C(Cn1cc([N+](=O)[O-])cn1)N/N=C\c1ccc(Oc2ccc([N+](=O)[O-])cc2[N+](=O)[O-])cc1. The number of nitrogens with zero attached hydrogens (tertiary/aromatic N) is 6. The maximum atomic E-state index is 11.8. The van der Waals surface area contributed by atoms with E-state index in [1.54, 1.807) is 12.1 Å². The molecule has 15 heteroatoms. The summed E-state index contributed by atoms with van der Waals surface area (Å²) in [6, 6.07) is 9.11. The number of aromatic nitrogens is 2. The summed E-state index contributed by atoms with van der Waals surface area (Å²) in [5, 5.41) is 40.0. The van der Waals surface area contributed by atoms with E-state index in [1.165, 1.54) is 18.3 Å². The Labute approximate surface area is 183 Å². The van der Waals surface area contributed by atoms with Crippen LogP contribution in [0.5, 0.6) is 11.5 Å². The third kappa shape index (κ3) is 5.91. The minimum atomic E-state index is -0.784. The second kappa shape index (κ2) is 9.73. The fraction of sp³-hybridized carbons (Fsp3) is 0.0556. The first-order valence-electron chi connectivity index (χ1n) is 8.92. The van der Waals surface area contributed by atoms with Crippen molar-refractivity contribution in [2.45, 2.75) is 6.54 Å². The van der Waals surface area contributed by atoms with Crippen molar-refractivity contribution in [3.63, 3.8) is 0 Å². The lowest BCUT2D eigenvalue weighted by atomic mass is 10.2. The molecule has 1 N–H and O–H groups in total. The van der Waals surface area contributed by atoms with E-state index < -0.39 is 32.1 Å². The molecular weight excluding hydrogens is 442 g/mol. The van der Waals surface area contributed by atoms with Gasteiger partial charge < -0.3 is 4.74 Å². The van der Waals surface area contributed by atoms with Crippen molar-refractivity contribution in [1.82, 2.24) is 15.2 Å². The quantitative estimate of drug-likeness (QED) is 0.286. The van der Waals surface area contributed by atoms with Gasteiger partial charge in [-0.3, -0.25) is 39.8 Å². The molecule has 0 saturated carbocycles. The van der Waals surface area contributed by atoms with Gasteiger partial charge in [-0.2, -0.15) is 10.2 Å². The predicted octanol–water partition coefficient (Wildman–Crippen LogP) is 2.55. The molecule has 0 atom stereocenters. The Kier molecular flexibility index (Phi) is 6.63. The second-order valence-electron chi connectivity index (χ2n) is 6.28. The number of non-ortho nitro benzene ring substituents is 1. The zero-order chi connectivity index (χ0) is 24.0. The zero-order valence-electron chi connectivity index (χ0n) is 16.4. The van der Waals surface area contributed by atoms with Crippen molar-refractivity contribution in [3.05, 3.63) is 90.8 Å². The number of nitro benzene ring substituents is 2. The highest BCUT2D eigenvalue weighted by Crippen LogP contribution is 2.34. The van der Waals surface area contributed by atoms with Crippen molar-refractivity contribution in [1.29, 1.82) is 0 Å². The van der Waals surface area contributed by atoms with Crippen LogP contribution in [0.4, 0.5) is 17.1 Å². The average molecular weight is 455 g/mol. The third-order valence-corrected chi connectivity index (χ3v) is 4.00. The highest BCUT2D eigenvalue weighted by molar-refractivity contribution is 5.82. The van der Waals surface area contributed by atoms with Crippen LogP contribution in [0, 0.1) is 30.3 Å². The number of nitro groups is 3. The van der Waals surface area contributed by atoms with Crippen LogP contribution in [0.1, 0.15) is 5.56 Å². The molecule has 2 aromatic carbocycles. The van der Waals surface area contributed by atoms with Gasteiger partial charge in [-0.15, -0.1) is 0 Å². The van der Waals surface area contributed by atoms with Gasteiger partial charge in [-0.25, -0.2) is 5.43 Å². The van der Waals surface area contributed by atoms with Crippen molar-refractivity contribution in [3.8, 4) is 11.5 Å². The molecule has 0 aliphatic heterocycles. The predicted molar refractivity (Wildman–Crippen MR) is 111 cm³/mol. The van der Waals surface area contributed by atoms with Crippen LogP contribution in [-0.4, -0.2) is 36.7 Å². The monoisotopic (exact) mass is 455 g/mol. The number of nitrogens with one attached hydrogen (secondary N) is 1. The molecule has 0 unspecified atom stereocenters. The molecular formula is C18H13N7O8. The summed E-state index contributed by atoms with van der Waals surface area (Å²) in [6.45, 7) is -0.272. The molecule has 1 amide bonds. The number of hydrazone groups is 1. The molecule has 168 valence electrons. The standard InChI is InChI=1S/C18H13N7O8/c26-18(11-22-10-14(9-20-22)24(29)30)21-19-8-12-1-4-15(5-2-12)33-17-6-3-13(23(27)28)7-16(17)25(31)32/h1-10H,11H2,(H,21,26)/b19-8-. The number of hydrogen-bond acceptors (Lipinski definition) is 10. The molecule has 3 aromatic rings. The highest BCUT2D eigenvalue weighted by atomic mass is 16.6. The number of ether oxygens (including phenoxy) is 1. The van der Waals surface area contributed by atoms with Gasteiger partial charge >= 0.3 is 11.4 Å². The number of benzene rings is 2. The van der Waals surface area contributed by atoms with E-state index in [1.807, 2.05) is 0 Å². The number of carbonyl (C=O) groups is 1. The van der Waals surface area contributed by atoms with E-state index in [0.29, 0.717) is 5.56 Å². The molecule has 0 radical (unpaired) electrons. The topological polar surface area (TPSA) is 198 Å². The summed E-state index contributed by atoms with van der Waals surface area (Å²) in [7, 11) is 0. The van der Waals surface area contributed by atoms with Crippen molar-refractivity contribution >= 4 is 29.2 Å². The maximum absolute atomic E-state index is 11.8. The summed E-state index contributed by atoms with van der Waals surface area (Å²) in [5.41, 5.74) is 1.56. The van der Waals surface area contributed by atoms with E-state index in [9.17, 15) is 35.1 Å². The molecule has 0 aliphatic rings. The minimum absolute atomic E-state index is 0.168. The normalized spacial score (nSPS) is 10.7. The first kappa shape index (κ1) is 22.5. The van der Waals surface area contributed by atoms with Crippen LogP contribution in [0.2, 0.25) is 0 Å².